The zero-order valence-corrected chi connectivity index (χ0v) is 25.0. The van der Waals surface area contributed by atoms with Crippen molar-refractivity contribution in [2.45, 2.75) is 11.5 Å². The first-order valence-electron chi connectivity index (χ1n) is 13.7. The van der Waals surface area contributed by atoms with E-state index in [4.69, 9.17) is 9.47 Å². The number of carboxylic acid groups (broad SMARTS) is 1. The number of carboxylic acids is 1. The van der Waals surface area contributed by atoms with Crippen LogP contribution in [0.1, 0.15) is 26.3 Å². The summed E-state index contributed by atoms with van der Waals surface area (Å²) in [7, 11) is -3.11. The molecule has 10 nitrogen and oxygen atoms in total. The summed E-state index contributed by atoms with van der Waals surface area (Å²) < 4.78 is 54.2. The number of anilines is 2. The third-order valence-electron chi connectivity index (χ3n) is 6.85. The van der Waals surface area contributed by atoms with Crippen LogP contribution in [0.3, 0.4) is 0 Å². The number of hydrogen-bond donors (Lipinski definition) is 4. The molecule has 0 aliphatic heterocycles. The standard InChI is InChI=1S/C34H27FN2O8S/c1-44-31-16-15-28(19-29(31)34(40)41)46(42,43)37-30-10-3-7-24(32(30)35)20-45-27-9-4-8-25(18-27)36-33(39)23-6-2-5-22(17-23)21-11-13-26(38)14-12-21/h2-19,37-38H,20H2,1H3,(H,36,39)(H,40,41). The number of phenols is 1. The van der Waals surface area contributed by atoms with E-state index in [0.29, 0.717) is 17.0 Å². The van der Waals surface area contributed by atoms with Crippen LogP contribution in [0.2, 0.25) is 0 Å². The Morgan fingerprint density at radius 1 is 0.848 bits per heavy atom. The minimum absolute atomic E-state index is 0.0276. The Morgan fingerprint density at radius 2 is 1.59 bits per heavy atom. The predicted molar refractivity (Wildman–Crippen MR) is 169 cm³/mol. The first-order chi connectivity index (χ1) is 22.0. The zero-order chi connectivity index (χ0) is 32.8. The minimum atomic E-state index is -4.36. The van der Waals surface area contributed by atoms with Crippen molar-refractivity contribution < 1.29 is 42.1 Å². The molecule has 0 radical (unpaired) electrons. The number of nitrogens with one attached hydrogen (secondary N) is 2. The SMILES string of the molecule is COc1ccc(S(=O)(=O)Nc2cccc(COc3cccc(NC(=O)c4cccc(-c5ccc(O)cc5)c4)c3)c2F)cc1C(=O)O. The van der Waals surface area contributed by atoms with Crippen LogP contribution in [-0.2, 0) is 16.6 Å². The molecule has 0 fully saturated rings. The number of sulfonamides is 1. The fraction of sp³-hybridized carbons (Fsp3) is 0.0588. The van der Waals surface area contributed by atoms with Crippen LogP contribution in [0.5, 0.6) is 17.2 Å². The number of amides is 1. The molecule has 5 rings (SSSR count). The second-order valence-corrected chi connectivity index (χ2v) is 11.6. The van der Waals surface area contributed by atoms with Gasteiger partial charge in [-0.25, -0.2) is 17.6 Å². The van der Waals surface area contributed by atoms with Crippen molar-refractivity contribution in [1.82, 2.24) is 0 Å². The summed E-state index contributed by atoms with van der Waals surface area (Å²) in [5.74, 6) is -2.20. The second kappa shape index (κ2) is 13.4. The van der Waals surface area contributed by atoms with Crippen LogP contribution in [0.4, 0.5) is 15.8 Å². The molecule has 0 bridgehead atoms. The molecule has 5 aromatic rings. The van der Waals surface area contributed by atoms with Crippen LogP contribution in [0, 0.1) is 5.82 Å². The molecule has 5 aromatic carbocycles. The summed E-state index contributed by atoms with van der Waals surface area (Å²) in [6.45, 7) is -0.265. The Hall–Kier alpha value is -5.88. The van der Waals surface area contributed by atoms with Gasteiger partial charge in [-0.05, 0) is 71.8 Å². The lowest BCUT2D eigenvalue weighted by Crippen LogP contribution is -2.16. The number of phenolic OH excluding ortho intramolecular Hbond substituents is 1. The van der Waals surface area contributed by atoms with E-state index >= 15 is 4.39 Å². The van der Waals surface area contributed by atoms with E-state index in [2.05, 4.69) is 10.0 Å². The number of ether oxygens (including phenoxy) is 2. The van der Waals surface area contributed by atoms with Gasteiger partial charge in [-0.1, -0.05) is 42.5 Å². The fourth-order valence-corrected chi connectivity index (χ4v) is 5.60. The smallest absolute Gasteiger partial charge is 0.339 e. The topological polar surface area (TPSA) is 151 Å². The van der Waals surface area contributed by atoms with E-state index in [1.807, 2.05) is 6.07 Å². The highest BCUT2D eigenvalue weighted by molar-refractivity contribution is 7.92. The molecule has 234 valence electrons. The first-order valence-corrected chi connectivity index (χ1v) is 15.2. The van der Waals surface area contributed by atoms with Crippen molar-refractivity contribution in [3.63, 3.8) is 0 Å². The lowest BCUT2D eigenvalue weighted by molar-refractivity contribution is 0.0692. The van der Waals surface area contributed by atoms with Gasteiger partial charge in [0.05, 0.1) is 17.7 Å². The summed E-state index contributed by atoms with van der Waals surface area (Å²) in [5.41, 5.74) is 1.79. The average molecular weight is 643 g/mol. The van der Waals surface area contributed by atoms with Gasteiger partial charge in [-0.2, -0.15) is 0 Å². The van der Waals surface area contributed by atoms with E-state index in [9.17, 15) is 28.2 Å². The molecular weight excluding hydrogens is 615 g/mol. The van der Waals surface area contributed by atoms with E-state index in [1.54, 1.807) is 66.7 Å². The number of benzene rings is 5. The van der Waals surface area contributed by atoms with E-state index < -0.39 is 26.7 Å². The summed E-state index contributed by atoms with van der Waals surface area (Å²) in [6.07, 6.45) is 0. The van der Waals surface area contributed by atoms with Gasteiger partial charge in [-0.3, -0.25) is 9.52 Å². The first kappa shape index (κ1) is 31.5. The van der Waals surface area contributed by atoms with Gasteiger partial charge in [0.25, 0.3) is 15.9 Å². The number of carbonyl (C=O) groups excluding carboxylic acids is 1. The van der Waals surface area contributed by atoms with Crippen molar-refractivity contribution >= 4 is 33.3 Å². The molecule has 0 saturated carbocycles. The zero-order valence-electron chi connectivity index (χ0n) is 24.2. The quantitative estimate of drug-likeness (QED) is 0.127. The van der Waals surface area contributed by atoms with Gasteiger partial charge in [0.2, 0.25) is 0 Å². The van der Waals surface area contributed by atoms with Crippen LogP contribution in [-0.4, -0.2) is 37.6 Å². The third kappa shape index (κ3) is 7.25. The molecule has 0 unspecified atom stereocenters. The summed E-state index contributed by atoms with van der Waals surface area (Å²) in [5, 5.41) is 21.7. The molecule has 0 saturated heterocycles. The summed E-state index contributed by atoms with van der Waals surface area (Å²) >= 11 is 0. The van der Waals surface area contributed by atoms with Crippen molar-refractivity contribution in [3.8, 4) is 28.4 Å². The monoisotopic (exact) mass is 642 g/mol. The van der Waals surface area contributed by atoms with Crippen LogP contribution < -0.4 is 19.5 Å². The van der Waals surface area contributed by atoms with Crippen LogP contribution in [0.15, 0.2) is 114 Å². The molecule has 0 spiro atoms. The Morgan fingerprint density at radius 3 is 2.33 bits per heavy atom. The Bertz CT molecular complexity index is 2030. The predicted octanol–water partition coefficient (Wildman–Crippen LogP) is 6.54. The van der Waals surface area contributed by atoms with Gasteiger partial charge in [0, 0.05) is 22.9 Å². The Labute approximate surface area is 263 Å². The molecular formula is C34H27FN2O8S. The number of rotatable bonds is 11. The maximum Gasteiger partial charge on any atom is 0.339 e. The maximum atomic E-state index is 15.4. The second-order valence-electron chi connectivity index (χ2n) is 9.95. The molecule has 0 heterocycles. The van der Waals surface area contributed by atoms with Crippen molar-refractivity contribution in [2.24, 2.45) is 0 Å². The van der Waals surface area contributed by atoms with Gasteiger partial charge in [-0.15, -0.1) is 0 Å². The van der Waals surface area contributed by atoms with Gasteiger partial charge < -0.3 is 25.0 Å². The van der Waals surface area contributed by atoms with Crippen molar-refractivity contribution in [2.75, 3.05) is 17.1 Å². The molecule has 0 aromatic heterocycles. The molecule has 0 aliphatic rings. The van der Waals surface area contributed by atoms with E-state index in [-0.39, 0.29) is 40.8 Å². The van der Waals surface area contributed by atoms with Crippen molar-refractivity contribution in [1.29, 1.82) is 0 Å². The van der Waals surface area contributed by atoms with E-state index in [1.165, 1.54) is 31.4 Å². The molecule has 1 amide bonds. The number of methoxy groups -OCH3 is 1. The van der Waals surface area contributed by atoms with Crippen LogP contribution >= 0.6 is 0 Å². The lowest BCUT2D eigenvalue weighted by atomic mass is 10.0. The molecule has 46 heavy (non-hydrogen) atoms. The minimum Gasteiger partial charge on any atom is -0.508 e. The molecule has 0 atom stereocenters. The number of carbonyl (C=O) groups is 2. The van der Waals surface area contributed by atoms with Gasteiger partial charge in [0.15, 0.2) is 5.82 Å². The fourth-order valence-electron chi connectivity index (χ4n) is 4.52. The largest absolute Gasteiger partial charge is 0.508 e. The summed E-state index contributed by atoms with van der Waals surface area (Å²) in [6, 6.07) is 27.5. The van der Waals surface area contributed by atoms with Crippen molar-refractivity contribution in [3.05, 3.63) is 132 Å². The number of aromatic carboxylic acids is 1. The van der Waals surface area contributed by atoms with Crippen LogP contribution in [0.25, 0.3) is 11.1 Å². The highest BCUT2D eigenvalue weighted by atomic mass is 32.2. The number of aromatic hydroxyl groups is 1. The highest BCUT2D eigenvalue weighted by Gasteiger charge is 2.22. The average Bonchev–Trinajstić information content (AvgIpc) is 3.05. The van der Waals surface area contributed by atoms with Gasteiger partial charge >= 0.3 is 5.97 Å². The molecule has 12 heteroatoms. The van der Waals surface area contributed by atoms with E-state index in [0.717, 1.165) is 23.3 Å². The number of hydrogen-bond acceptors (Lipinski definition) is 7. The maximum absolute atomic E-state index is 15.4. The number of halogens is 1. The van der Waals surface area contributed by atoms with Gasteiger partial charge in [0.1, 0.15) is 29.4 Å². The summed E-state index contributed by atoms with van der Waals surface area (Å²) in [4.78, 5) is 24.1. The molecule has 0 aliphatic carbocycles. The molecule has 4 N–H and O–H groups in total. The normalized spacial score (nSPS) is 11.0. The third-order valence-corrected chi connectivity index (χ3v) is 8.21. The highest BCUT2D eigenvalue weighted by Crippen LogP contribution is 2.28. The Kier molecular flexibility index (Phi) is 9.19. The lowest BCUT2D eigenvalue weighted by Gasteiger charge is -2.14. The Balaban J connectivity index is 1.26.